The number of Topliss-reactive ketones (excluding diaryl/α,β-unsaturated/α-hetero) is 1. The fraction of sp³-hybridized carbons (Fsp3) is 0.257. The summed E-state index contributed by atoms with van der Waals surface area (Å²) < 4.78 is 6.68. The number of amides is 3. The first-order valence-electron chi connectivity index (χ1n) is 14.7. The number of rotatable bonds is 9. The zero-order valence-corrected chi connectivity index (χ0v) is 27.2. The molecule has 9 nitrogen and oxygen atoms in total. The molecule has 232 valence electrons. The number of nitrogens with zero attached hydrogens (tertiary/aromatic N) is 2. The summed E-state index contributed by atoms with van der Waals surface area (Å²) in [6, 6.07) is 21.8. The predicted octanol–water partition coefficient (Wildman–Crippen LogP) is 5.49. The summed E-state index contributed by atoms with van der Waals surface area (Å²) in [6.07, 6.45) is 0.515. The van der Waals surface area contributed by atoms with Gasteiger partial charge >= 0.3 is 0 Å². The van der Waals surface area contributed by atoms with Gasteiger partial charge in [0.1, 0.15) is 11.8 Å². The Morgan fingerprint density at radius 2 is 1.67 bits per heavy atom. The number of nitrogens with one attached hydrogen (secondary N) is 2. The number of hydrogen-bond acceptors (Lipinski definition) is 6. The van der Waals surface area contributed by atoms with Crippen LogP contribution in [-0.4, -0.2) is 56.3 Å². The van der Waals surface area contributed by atoms with Crippen molar-refractivity contribution in [3.05, 3.63) is 100 Å². The Kier molecular flexibility index (Phi) is 9.65. The van der Waals surface area contributed by atoms with Gasteiger partial charge in [0.2, 0.25) is 5.91 Å². The number of benzene rings is 4. The fourth-order valence-electron chi connectivity index (χ4n) is 5.70. The maximum Gasteiger partial charge on any atom is 0.258 e. The summed E-state index contributed by atoms with van der Waals surface area (Å²) in [5.74, 6) is -0.557. The molecule has 10 heteroatoms. The molecule has 4 aromatic rings. The molecule has 1 heterocycles. The van der Waals surface area contributed by atoms with Crippen LogP contribution >= 0.6 is 15.9 Å². The van der Waals surface area contributed by atoms with Crippen LogP contribution in [0.15, 0.2) is 83.3 Å². The third-order valence-corrected chi connectivity index (χ3v) is 8.65. The summed E-state index contributed by atoms with van der Waals surface area (Å²) in [5.41, 5.74) is 2.67. The van der Waals surface area contributed by atoms with E-state index in [9.17, 15) is 19.2 Å². The van der Waals surface area contributed by atoms with E-state index in [1.54, 1.807) is 55.5 Å². The van der Waals surface area contributed by atoms with Gasteiger partial charge in [-0.15, -0.1) is 0 Å². The lowest BCUT2D eigenvalue weighted by Gasteiger charge is -2.27. The van der Waals surface area contributed by atoms with Crippen LogP contribution in [0.3, 0.4) is 0 Å². The molecule has 0 aromatic heterocycles. The van der Waals surface area contributed by atoms with E-state index in [0.717, 1.165) is 20.8 Å². The van der Waals surface area contributed by atoms with Crippen LogP contribution in [0.4, 0.5) is 11.4 Å². The molecule has 0 bridgehead atoms. The van der Waals surface area contributed by atoms with Gasteiger partial charge in [0, 0.05) is 21.2 Å². The Labute approximate surface area is 270 Å². The summed E-state index contributed by atoms with van der Waals surface area (Å²) in [5, 5.41) is 7.79. The molecule has 45 heavy (non-hydrogen) atoms. The lowest BCUT2D eigenvalue weighted by molar-refractivity contribution is -0.128. The average molecular weight is 672 g/mol. The van der Waals surface area contributed by atoms with Crippen molar-refractivity contribution in [2.24, 2.45) is 0 Å². The van der Waals surface area contributed by atoms with Crippen molar-refractivity contribution in [1.82, 2.24) is 10.6 Å². The van der Waals surface area contributed by atoms with Gasteiger partial charge in [0.25, 0.3) is 11.8 Å². The van der Waals surface area contributed by atoms with Crippen molar-refractivity contribution < 1.29 is 23.9 Å². The summed E-state index contributed by atoms with van der Waals surface area (Å²) in [6.45, 7) is 3.38. The van der Waals surface area contributed by atoms with E-state index in [0.29, 0.717) is 34.7 Å². The van der Waals surface area contributed by atoms with E-state index in [4.69, 9.17) is 4.74 Å². The Hall–Kier alpha value is -4.54. The minimum Gasteiger partial charge on any atom is -0.496 e. The Bertz CT molecular complexity index is 1770. The molecule has 2 atom stereocenters. The van der Waals surface area contributed by atoms with Crippen molar-refractivity contribution in [2.75, 3.05) is 30.5 Å². The number of fused-ring (bicyclic) bond motifs is 2. The molecule has 3 amide bonds. The van der Waals surface area contributed by atoms with Crippen molar-refractivity contribution in [3.63, 3.8) is 0 Å². The highest BCUT2D eigenvalue weighted by molar-refractivity contribution is 9.10. The topological polar surface area (TPSA) is 108 Å². The van der Waals surface area contributed by atoms with Gasteiger partial charge in [-0.25, -0.2) is 0 Å². The van der Waals surface area contributed by atoms with Crippen LogP contribution in [0.1, 0.15) is 46.5 Å². The third kappa shape index (κ3) is 6.48. The van der Waals surface area contributed by atoms with Gasteiger partial charge in [-0.2, -0.15) is 0 Å². The van der Waals surface area contributed by atoms with E-state index < -0.39 is 12.1 Å². The second-order valence-corrected chi connectivity index (χ2v) is 11.8. The molecule has 5 rings (SSSR count). The van der Waals surface area contributed by atoms with Crippen LogP contribution in [0.25, 0.3) is 10.8 Å². The highest BCUT2D eigenvalue weighted by Gasteiger charge is 2.38. The van der Waals surface area contributed by atoms with E-state index in [1.165, 1.54) is 11.8 Å². The number of hydrogen-bond donors (Lipinski definition) is 2. The quantitative estimate of drug-likeness (QED) is 0.228. The number of ether oxygens (including phenoxy) is 1. The number of methoxy groups -OCH3 is 1. The fourth-order valence-corrected chi connectivity index (χ4v) is 6.08. The molecular formula is C35H35BrN4O5. The molecular weight excluding hydrogens is 636 g/mol. The van der Waals surface area contributed by atoms with Crippen LogP contribution in [0.2, 0.25) is 0 Å². The van der Waals surface area contributed by atoms with Crippen molar-refractivity contribution >= 4 is 61.6 Å². The van der Waals surface area contributed by atoms with Crippen LogP contribution < -0.4 is 25.2 Å². The maximum atomic E-state index is 14.5. The number of para-hydroxylation sites is 2. The monoisotopic (exact) mass is 670 g/mol. The predicted molar refractivity (Wildman–Crippen MR) is 179 cm³/mol. The number of halogens is 1. The highest BCUT2D eigenvalue weighted by Crippen LogP contribution is 2.38. The van der Waals surface area contributed by atoms with Crippen molar-refractivity contribution in [2.45, 2.75) is 38.9 Å². The summed E-state index contributed by atoms with van der Waals surface area (Å²) >= 11 is 3.54. The Morgan fingerprint density at radius 3 is 2.31 bits per heavy atom. The molecule has 0 fully saturated rings. The van der Waals surface area contributed by atoms with Gasteiger partial charge in [0.15, 0.2) is 5.78 Å². The number of carbonyl (C=O) groups is 4. The van der Waals surface area contributed by atoms with Crippen LogP contribution in [-0.2, 0) is 16.1 Å². The Morgan fingerprint density at radius 1 is 0.978 bits per heavy atom. The van der Waals surface area contributed by atoms with E-state index in [-0.39, 0.29) is 36.6 Å². The second kappa shape index (κ2) is 13.6. The zero-order chi connectivity index (χ0) is 32.2. The van der Waals surface area contributed by atoms with Gasteiger partial charge in [-0.3, -0.25) is 19.2 Å². The van der Waals surface area contributed by atoms with E-state index >= 15 is 0 Å². The van der Waals surface area contributed by atoms with E-state index in [1.807, 2.05) is 49.4 Å². The molecule has 1 aliphatic rings. The standard InChI is InChI=1S/C35H35BrN4O5/c1-5-28(37-3)33(42)38-29-20-40(34(43)23-12-10-22(11-13-23)21(2)41)31-9-7-6-8-30(31)39(35(29)44)19-27-26-16-15-25(36)18-24(26)14-17-32(27)45-4/h6-18,28-29,37H,5,19-20H2,1-4H3,(H,38,42)/t28?,29-/m0/s1. The smallest absolute Gasteiger partial charge is 0.258 e. The first-order chi connectivity index (χ1) is 21.7. The highest BCUT2D eigenvalue weighted by atomic mass is 79.9. The lowest BCUT2D eigenvalue weighted by Crippen LogP contribution is -2.56. The zero-order valence-electron chi connectivity index (χ0n) is 25.6. The molecule has 1 aliphatic heterocycles. The lowest BCUT2D eigenvalue weighted by atomic mass is 10.0. The first kappa shape index (κ1) is 31.9. The average Bonchev–Trinajstić information content (AvgIpc) is 3.15. The number of ketones is 1. The third-order valence-electron chi connectivity index (χ3n) is 8.15. The van der Waals surface area contributed by atoms with Crippen molar-refractivity contribution in [3.8, 4) is 5.75 Å². The van der Waals surface area contributed by atoms with Gasteiger partial charge in [-0.05, 0) is 73.6 Å². The molecule has 4 aromatic carbocycles. The minimum atomic E-state index is -1.05. The SMILES string of the molecule is CCC(NC)C(=O)N[C@H]1CN(C(=O)c2ccc(C(C)=O)cc2)c2ccccc2N(Cc2c(OC)ccc3cc(Br)ccc23)C1=O. The largest absolute Gasteiger partial charge is 0.496 e. The van der Waals surface area contributed by atoms with Crippen molar-refractivity contribution in [1.29, 1.82) is 0 Å². The Balaban J connectivity index is 1.64. The molecule has 0 saturated heterocycles. The van der Waals surface area contributed by atoms with E-state index in [2.05, 4.69) is 26.6 Å². The first-order valence-corrected chi connectivity index (χ1v) is 15.5. The second-order valence-electron chi connectivity index (χ2n) is 10.9. The summed E-state index contributed by atoms with van der Waals surface area (Å²) in [7, 11) is 3.28. The van der Waals surface area contributed by atoms with Crippen LogP contribution in [0, 0.1) is 0 Å². The maximum absolute atomic E-state index is 14.5. The van der Waals surface area contributed by atoms with Gasteiger partial charge in [-0.1, -0.05) is 59.3 Å². The minimum absolute atomic E-state index is 0.0921. The number of carbonyl (C=O) groups excluding carboxylic acids is 4. The van der Waals surface area contributed by atoms with Crippen LogP contribution in [0.5, 0.6) is 5.75 Å². The van der Waals surface area contributed by atoms with Gasteiger partial charge < -0.3 is 25.2 Å². The number of likely N-dealkylation sites (N-methyl/N-ethyl adjacent to an activating group) is 1. The van der Waals surface area contributed by atoms with Gasteiger partial charge in [0.05, 0.1) is 37.6 Å². The molecule has 1 unspecified atom stereocenters. The number of anilines is 2. The molecule has 0 radical (unpaired) electrons. The normalized spacial score (nSPS) is 15.3. The molecule has 0 saturated carbocycles. The molecule has 2 N–H and O–H groups in total. The summed E-state index contributed by atoms with van der Waals surface area (Å²) in [4.78, 5) is 57.0. The molecule has 0 aliphatic carbocycles. The molecule has 0 spiro atoms.